The van der Waals surface area contributed by atoms with Gasteiger partial charge in [-0.3, -0.25) is 0 Å². The third kappa shape index (κ3) is 4.15. The Kier molecular flexibility index (Phi) is 4.50. The van der Waals surface area contributed by atoms with Crippen LogP contribution in [0, 0.1) is 0 Å². The van der Waals surface area contributed by atoms with E-state index in [0.29, 0.717) is 6.61 Å². The van der Waals surface area contributed by atoms with E-state index in [9.17, 15) is 0 Å². The summed E-state index contributed by atoms with van der Waals surface area (Å²) in [7, 11) is 0. The Bertz CT molecular complexity index is 386. The summed E-state index contributed by atoms with van der Waals surface area (Å²) in [6.45, 7) is 1.14. The molecule has 1 N–H and O–H groups in total. The van der Waals surface area contributed by atoms with Gasteiger partial charge in [0, 0.05) is 0 Å². The van der Waals surface area contributed by atoms with Gasteiger partial charge in [-0.15, -0.1) is 0 Å². The SMILES string of the molecule is OCOCC1CO1.c1ccc2ccccc2c1. The third-order valence-corrected chi connectivity index (χ3v) is 2.46. The fraction of sp³-hybridized carbons (Fsp3) is 0.286. The fourth-order valence-electron chi connectivity index (χ4n) is 1.48. The van der Waals surface area contributed by atoms with Crippen LogP contribution in [0.25, 0.3) is 10.8 Å². The van der Waals surface area contributed by atoms with Crippen molar-refractivity contribution < 1.29 is 14.6 Å². The highest BCUT2D eigenvalue weighted by atomic mass is 16.6. The molecule has 1 aliphatic heterocycles. The Labute approximate surface area is 101 Å². The first kappa shape index (κ1) is 12.0. The molecule has 1 heterocycles. The molecule has 1 saturated heterocycles. The van der Waals surface area contributed by atoms with Gasteiger partial charge in [0.15, 0.2) is 0 Å². The van der Waals surface area contributed by atoms with Crippen molar-refractivity contribution in [3.05, 3.63) is 48.5 Å². The highest BCUT2D eigenvalue weighted by Gasteiger charge is 2.21. The minimum absolute atomic E-state index is 0.195. The predicted octanol–water partition coefficient (Wildman–Crippen LogP) is 2.19. The average Bonchev–Trinajstić information content (AvgIpc) is 3.21. The molecule has 0 aliphatic carbocycles. The van der Waals surface area contributed by atoms with Crippen LogP contribution in [0.4, 0.5) is 0 Å². The minimum Gasteiger partial charge on any atom is -0.371 e. The summed E-state index contributed by atoms with van der Waals surface area (Å²) >= 11 is 0. The number of epoxide rings is 1. The van der Waals surface area contributed by atoms with Crippen LogP contribution in [-0.4, -0.2) is 31.2 Å². The van der Waals surface area contributed by atoms with Crippen molar-refractivity contribution in [2.75, 3.05) is 20.0 Å². The molecule has 1 unspecified atom stereocenters. The number of benzene rings is 2. The number of aliphatic hydroxyl groups excluding tert-OH is 1. The summed E-state index contributed by atoms with van der Waals surface area (Å²) in [6, 6.07) is 16.7. The van der Waals surface area contributed by atoms with Gasteiger partial charge in [0.2, 0.25) is 0 Å². The molecule has 90 valence electrons. The number of rotatable bonds is 3. The van der Waals surface area contributed by atoms with E-state index in [2.05, 4.69) is 53.3 Å². The fourth-order valence-corrected chi connectivity index (χ4v) is 1.48. The van der Waals surface area contributed by atoms with Crippen LogP contribution >= 0.6 is 0 Å². The Hall–Kier alpha value is -1.42. The molecule has 3 nitrogen and oxygen atoms in total. The van der Waals surface area contributed by atoms with Gasteiger partial charge in [0.05, 0.1) is 13.2 Å². The summed E-state index contributed by atoms with van der Waals surface area (Å²) in [5.41, 5.74) is 0. The number of aliphatic hydroxyl groups is 1. The van der Waals surface area contributed by atoms with Gasteiger partial charge in [-0.2, -0.15) is 0 Å². The standard InChI is InChI=1S/C10H8.C4H8O3/c1-2-6-10-8-4-3-7-9(10)5-1;5-3-6-1-4-2-7-4/h1-8H;4-5H,1-3H2. The number of hydrogen-bond donors (Lipinski definition) is 1. The van der Waals surface area contributed by atoms with E-state index >= 15 is 0 Å². The molecule has 0 aromatic heterocycles. The van der Waals surface area contributed by atoms with Crippen molar-refractivity contribution in [2.45, 2.75) is 6.10 Å². The van der Waals surface area contributed by atoms with Crippen molar-refractivity contribution in [1.29, 1.82) is 0 Å². The third-order valence-electron chi connectivity index (χ3n) is 2.46. The maximum atomic E-state index is 8.07. The zero-order chi connectivity index (χ0) is 11.9. The molecule has 0 saturated carbocycles. The lowest BCUT2D eigenvalue weighted by Crippen LogP contribution is -2.00. The zero-order valence-electron chi connectivity index (χ0n) is 9.58. The maximum absolute atomic E-state index is 8.07. The average molecular weight is 232 g/mol. The second kappa shape index (κ2) is 6.35. The monoisotopic (exact) mass is 232 g/mol. The van der Waals surface area contributed by atoms with Gasteiger partial charge >= 0.3 is 0 Å². The molecule has 17 heavy (non-hydrogen) atoms. The second-order valence-electron chi connectivity index (χ2n) is 3.80. The van der Waals surface area contributed by atoms with Gasteiger partial charge in [0.25, 0.3) is 0 Å². The van der Waals surface area contributed by atoms with E-state index in [1.807, 2.05) is 0 Å². The first-order valence-electron chi connectivity index (χ1n) is 5.64. The Morgan fingerprint density at radius 2 is 1.53 bits per heavy atom. The predicted molar refractivity (Wildman–Crippen MR) is 66.7 cm³/mol. The van der Waals surface area contributed by atoms with Gasteiger partial charge < -0.3 is 14.6 Å². The molecule has 2 aromatic carbocycles. The first-order valence-corrected chi connectivity index (χ1v) is 5.64. The van der Waals surface area contributed by atoms with Crippen LogP contribution in [0.15, 0.2) is 48.5 Å². The van der Waals surface area contributed by atoms with Gasteiger partial charge in [-0.05, 0) is 10.8 Å². The van der Waals surface area contributed by atoms with Crippen molar-refractivity contribution >= 4 is 10.8 Å². The lowest BCUT2D eigenvalue weighted by Gasteiger charge is -1.92. The summed E-state index contributed by atoms with van der Waals surface area (Å²) in [6.07, 6.45) is 0.271. The summed E-state index contributed by atoms with van der Waals surface area (Å²) in [5.74, 6) is 0. The molecule has 3 rings (SSSR count). The zero-order valence-corrected chi connectivity index (χ0v) is 9.58. The second-order valence-corrected chi connectivity index (χ2v) is 3.80. The van der Waals surface area contributed by atoms with Crippen LogP contribution in [0.3, 0.4) is 0 Å². The van der Waals surface area contributed by atoms with Gasteiger partial charge in [0.1, 0.15) is 12.9 Å². The Morgan fingerprint density at radius 1 is 1.06 bits per heavy atom. The molecular formula is C14H16O3. The molecule has 0 bridgehead atoms. The van der Waals surface area contributed by atoms with Gasteiger partial charge in [-0.25, -0.2) is 0 Å². The van der Waals surface area contributed by atoms with Crippen LogP contribution in [-0.2, 0) is 9.47 Å². The van der Waals surface area contributed by atoms with E-state index in [-0.39, 0.29) is 12.9 Å². The Balaban J connectivity index is 0.000000136. The topological polar surface area (TPSA) is 42.0 Å². The molecule has 3 heteroatoms. The first-order chi connectivity index (χ1) is 8.40. The maximum Gasteiger partial charge on any atom is 0.143 e. The number of fused-ring (bicyclic) bond motifs is 1. The normalized spacial score (nSPS) is 17.4. The van der Waals surface area contributed by atoms with Crippen molar-refractivity contribution in [3.8, 4) is 0 Å². The van der Waals surface area contributed by atoms with E-state index in [0.717, 1.165) is 6.61 Å². The van der Waals surface area contributed by atoms with Crippen LogP contribution in [0.2, 0.25) is 0 Å². The lowest BCUT2D eigenvalue weighted by atomic mass is 10.1. The van der Waals surface area contributed by atoms with E-state index in [1.54, 1.807) is 0 Å². The molecule has 1 atom stereocenters. The van der Waals surface area contributed by atoms with E-state index in [4.69, 9.17) is 9.84 Å². The lowest BCUT2D eigenvalue weighted by molar-refractivity contribution is -0.00757. The minimum atomic E-state index is -0.195. The van der Waals surface area contributed by atoms with Gasteiger partial charge in [-0.1, -0.05) is 48.5 Å². The highest BCUT2D eigenvalue weighted by Crippen LogP contribution is 2.11. The summed E-state index contributed by atoms with van der Waals surface area (Å²) < 4.78 is 9.36. The van der Waals surface area contributed by atoms with Crippen LogP contribution < -0.4 is 0 Å². The van der Waals surface area contributed by atoms with E-state index < -0.39 is 0 Å². The summed E-state index contributed by atoms with van der Waals surface area (Å²) in [4.78, 5) is 0. The molecular weight excluding hydrogens is 216 g/mol. The largest absolute Gasteiger partial charge is 0.371 e. The Morgan fingerprint density at radius 3 is 1.88 bits per heavy atom. The molecule has 2 aromatic rings. The van der Waals surface area contributed by atoms with Crippen molar-refractivity contribution in [3.63, 3.8) is 0 Å². The molecule has 1 fully saturated rings. The number of ether oxygens (including phenoxy) is 2. The quantitative estimate of drug-likeness (QED) is 0.651. The highest BCUT2D eigenvalue weighted by molar-refractivity contribution is 5.81. The smallest absolute Gasteiger partial charge is 0.143 e. The molecule has 0 radical (unpaired) electrons. The van der Waals surface area contributed by atoms with Crippen LogP contribution in [0.5, 0.6) is 0 Å². The molecule has 1 aliphatic rings. The van der Waals surface area contributed by atoms with E-state index in [1.165, 1.54) is 10.8 Å². The number of hydrogen-bond acceptors (Lipinski definition) is 3. The van der Waals surface area contributed by atoms with Crippen molar-refractivity contribution in [1.82, 2.24) is 0 Å². The van der Waals surface area contributed by atoms with Crippen LogP contribution in [0.1, 0.15) is 0 Å². The molecule has 0 amide bonds. The summed E-state index contributed by atoms with van der Waals surface area (Å²) in [5, 5.41) is 10.7. The van der Waals surface area contributed by atoms with Crippen molar-refractivity contribution in [2.24, 2.45) is 0 Å². The molecule has 0 spiro atoms.